The third-order valence-corrected chi connectivity index (χ3v) is 4.12. The summed E-state index contributed by atoms with van der Waals surface area (Å²) in [6.45, 7) is 2.10. The molecule has 4 heteroatoms. The van der Waals surface area contributed by atoms with E-state index in [0.29, 0.717) is 11.5 Å². The molecular formula is C16H19N3O. The average Bonchev–Trinajstić information content (AvgIpc) is 2.85. The van der Waals surface area contributed by atoms with E-state index < -0.39 is 0 Å². The van der Waals surface area contributed by atoms with Crippen molar-refractivity contribution < 1.29 is 4.79 Å². The van der Waals surface area contributed by atoms with Crippen molar-refractivity contribution in [2.75, 3.05) is 5.73 Å². The third kappa shape index (κ3) is 2.33. The lowest BCUT2D eigenvalue weighted by atomic mass is 10.0. The molecule has 104 valence electrons. The largest absolute Gasteiger partial charge is 0.383 e. The molecule has 1 aromatic carbocycles. The number of nitrogens with zero attached hydrogens (tertiary/aromatic N) is 1. The number of anilines is 1. The maximum absolute atomic E-state index is 12.4. The van der Waals surface area contributed by atoms with Crippen molar-refractivity contribution in [3.8, 4) is 0 Å². The quantitative estimate of drug-likeness (QED) is 0.880. The van der Waals surface area contributed by atoms with Crippen LogP contribution in [0.1, 0.15) is 43.1 Å². The Morgan fingerprint density at radius 3 is 2.75 bits per heavy atom. The van der Waals surface area contributed by atoms with Crippen molar-refractivity contribution in [3.05, 3.63) is 36.0 Å². The number of hydrogen-bond acceptors (Lipinski definition) is 3. The fourth-order valence-electron chi connectivity index (χ4n) is 2.96. The number of nitrogens with two attached hydrogens (primary N) is 1. The number of aromatic nitrogens is 1. The summed E-state index contributed by atoms with van der Waals surface area (Å²) in [5.41, 5.74) is 6.24. The van der Waals surface area contributed by atoms with Crippen molar-refractivity contribution in [3.63, 3.8) is 0 Å². The number of nitrogens with one attached hydrogen (secondary N) is 1. The molecule has 1 saturated carbocycles. The van der Waals surface area contributed by atoms with E-state index in [1.165, 1.54) is 12.8 Å². The van der Waals surface area contributed by atoms with E-state index in [2.05, 4.69) is 17.2 Å². The van der Waals surface area contributed by atoms with Crippen LogP contribution in [0.5, 0.6) is 0 Å². The van der Waals surface area contributed by atoms with Gasteiger partial charge in [-0.05, 0) is 31.2 Å². The second-order valence-corrected chi connectivity index (χ2v) is 5.84. The highest BCUT2D eigenvalue weighted by Gasteiger charge is 2.30. The lowest BCUT2D eigenvalue weighted by molar-refractivity contribution is 0.0903. The summed E-state index contributed by atoms with van der Waals surface area (Å²) in [4.78, 5) is 16.6. The number of nitrogen functional groups attached to an aromatic ring is 1. The summed E-state index contributed by atoms with van der Waals surface area (Å²) in [6, 6.07) is 9.51. The minimum Gasteiger partial charge on any atom is -0.383 e. The van der Waals surface area contributed by atoms with E-state index in [1.54, 1.807) is 6.07 Å². The molecular weight excluding hydrogens is 250 g/mol. The summed E-state index contributed by atoms with van der Waals surface area (Å²) in [6.07, 6.45) is 4.40. The van der Waals surface area contributed by atoms with Crippen LogP contribution in [0.2, 0.25) is 0 Å². The molecule has 1 fully saturated rings. The molecule has 0 radical (unpaired) electrons. The van der Waals surface area contributed by atoms with Crippen molar-refractivity contribution >= 4 is 22.5 Å². The topological polar surface area (TPSA) is 68.0 Å². The monoisotopic (exact) mass is 269 g/mol. The fraction of sp³-hybridized carbons (Fsp3) is 0.375. The van der Waals surface area contributed by atoms with Gasteiger partial charge in [0.25, 0.3) is 5.91 Å². The first-order valence-corrected chi connectivity index (χ1v) is 7.05. The van der Waals surface area contributed by atoms with Crippen LogP contribution in [0, 0.1) is 0 Å². The van der Waals surface area contributed by atoms with Crippen LogP contribution in [-0.4, -0.2) is 16.4 Å². The van der Waals surface area contributed by atoms with Gasteiger partial charge in [0.05, 0.1) is 0 Å². The Morgan fingerprint density at radius 2 is 2.00 bits per heavy atom. The van der Waals surface area contributed by atoms with Crippen LogP contribution >= 0.6 is 0 Å². The molecule has 1 amide bonds. The predicted octanol–water partition coefficient (Wildman–Crippen LogP) is 2.88. The summed E-state index contributed by atoms with van der Waals surface area (Å²) >= 11 is 0. The highest BCUT2D eigenvalue weighted by atomic mass is 16.2. The molecule has 0 saturated heterocycles. The van der Waals surface area contributed by atoms with Gasteiger partial charge in [0.1, 0.15) is 11.5 Å². The van der Waals surface area contributed by atoms with E-state index in [0.717, 1.165) is 23.6 Å². The van der Waals surface area contributed by atoms with Crippen LogP contribution in [0.15, 0.2) is 30.3 Å². The highest BCUT2D eigenvalue weighted by Crippen LogP contribution is 2.29. The molecule has 1 heterocycles. The molecule has 0 spiro atoms. The lowest BCUT2D eigenvalue weighted by Gasteiger charge is -2.25. The number of amides is 1. The van der Waals surface area contributed by atoms with E-state index in [1.807, 2.05) is 24.3 Å². The Kier molecular flexibility index (Phi) is 3.08. The van der Waals surface area contributed by atoms with Gasteiger partial charge in [0.2, 0.25) is 0 Å². The summed E-state index contributed by atoms with van der Waals surface area (Å²) in [7, 11) is 0. The van der Waals surface area contributed by atoms with Crippen LogP contribution in [0.25, 0.3) is 10.8 Å². The molecule has 2 aromatic rings. The number of carbonyl (C=O) groups is 1. The zero-order chi connectivity index (χ0) is 14.2. The SMILES string of the molecule is CC1(NC(=O)c2cc3ccccc3c(N)n2)CCCC1. The maximum atomic E-state index is 12.4. The normalized spacial score (nSPS) is 17.2. The summed E-state index contributed by atoms with van der Waals surface area (Å²) in [5, 5.41) is 4.94. The molecule has 0 atom stereocenters. The van der Waals surface area contributed by atoms with Crippen LogP contribution in [-0.2, 0) is 0 Å². The number of rotatable bonds is 2. The van der Waals surface area contributed by atoms with Gasteiger partial charge in [0, 0.05) is 10.9 Å². The Balaban J connectivity index is 1.91. The molecule has 0 aliphatic heterocycles. The smallest absolute Gasteiger partial charge is 0.270 e. The zero-order valence-electron chi connectivity index (χ0n) is 11.6. The summed E-state index contributed by atoms with van der Waals surface area (Å²) in [5.74, 6) is 0.275. The van der Waals surface area contributed by atoms with Crippen molar-refractivity contribution in [1.82, 2.24) is 10.3 Å². The number of hydrogen-bond donors (Lipinski definition) is 2. The standard InChI is InChI=1S/C16H19N3O/c1-16(8-4-5-9-16)19-15(20)13-10-11-6-2-3-7-12(11)14(17)18-13/h2-3,6-7,10H,4-5,8-9H2,1H3,(H2,17,18)(H,19,20). The zero-order valence-corrected chi connectivity index (χ0v) is 11.6. The fourth-order valence-corrected chi connectivity index (χ4v) is 2.96. The second-order valence-electron chi connectivity index (χ2n) is 5.84. The van der Waals surface area contributed by atoms with Crippen LogP contribution in [0.4, 0.5) is 5.82 Å². The van der Waals surface area contributed by atoms with Crippen LogP contribution in [0.3, 0.4) is 0 Å². The molecule has 0 bridgehead atoms. The minimum absolute atomic E-state index is 0.0980. The van der Waals surface area contributed by atoms with Gasteiger partial charge in [0.15, 0.2) is 0 Å². The minimum atomic E-state index is -0.133. The van der Waals surface area contributed by atoms with Crippen molar-refractivity contribution in [2.45, 2.75) is 38.1 Å². The van der Waals surface area contributed by atoms with Gasteiger partial charge in [-0.25, -0.2) is 4.98 Å². The Morgan fingerprint density at radius 1 is 1.30 bits per heavy atom. The molecule has 1 aromatic heterocycles. The first-order valence-electron chi connectivity index (χ1n) is 7.05. The molecule has 3 N–H and O–H groups in total. The average molecular weight is 269 g/mol. The number of pyridine rings is 1. The lowest BCUT2D eigenvalue weighted by Crippen LogP contribution is -2.43. The molecule has 1 aliphatic carbocycles. The number of fused-ring (bicyclic) bond motifs is 1. The van der Waals surface area contributed by atoms with E-state index in [9.17, 15) is 4.79 Å². The van der Waals surface area contributed by atoms with Crippen molar-refractivity contribution in [2.24, 2.45) is 0 Å². The number of benzene rings is 1. The second kappa shape index (κ2) is 4.78. The first-order chi connectivity index (χ1) is 9.57. The Hall–Kier alpha value is -2.10. The number of carbonyl (C=O) groups excluding carboxylic acids is 1. The molecule has 3 rings (SSSR count). The van der Waals surface area contributed by atoms with Gasteiger partial charge in [-0.1, -0.05) is 37.1 Å². The molecule has 0 unspecified atom stereocenters. The van der Waals surface area contributed by atoms with Gasteiger partial charge < -0.3 is 11.1 Å². The first kappa shape index (κ1) is 12.9. The van der Waals surface area contributed by atoms with Gasteiger partial charge in [-0.15, -0.1) is 0 Å². The van der Waals surface area contributed by atoms with Gasteiger partial charge in [-0.2, -0.15) is 0 Å². The van der Waals surface area contributed by atoms with Gasteiger partial charge >= 0.3 is 0 Å². The van der Waals surface area contributed by atoms with Crippen LogP contribution < -0.4 is 11.1 Å². The van der Waals surface area contributed by atoms with E-state index >= 15 is 0 Å². The molecule has 1 aliphatic rings. The molecule has 4 nitrogen and oxygen atoms in total. The Labute approximate surface area is 118 Å². The Bertz CT molecular complexity index is 660. The maximum Gasteiger partial charge on any atom is 0.270 e. The highest BCUT2D eigenvalue weighted by molar-refractivity contribution is 6.00. The van der Waals surface area contributed by atoms with E-state index in [-0.39, 0.29) is 11.4 Å². The van der Waals surface area contributed by atoms with E-state index in [4.69, 9.17) is 5.73 Å². The predicted molar refractivity (Wildman–Crippen MR) is 80.5 cm³/mol. The van der Waals surface area contributed by atoms with Crippen molar-refractivity contribution in [1.29, 1.82) is 0 Å². The molecule has 20 heavy (non-hydrogen) atoms. The third-order valence-electron chi connectivity index (χ3n) is 4.12. The van der Waals surface area contributed by atoms with Gasteiger partial charge in [-0.3, -0.25) is 4.79 Å². The summed E-state index contributed by atoms with van der Waals surface area (Å²) < 4.78 is 0.